The van der Waals surface area contributed by atoms with Crippen molar-refractivity contribution in [3.8, 4) is 11.5 Å². The maximum atomic E-state index is 12.9. The summed E-state index contributed by atoms with van der Waals surface area (Å²) in [6, 6.07) is 10.6. The van der Waals surface area contributed by atoms with Gasteiger partial charge in [0.2, 0.25) is 0 Å². The van der Waals surface area contributed by atoms with Crippen LogP contribution in [0.15, 0.2) is 42.5 Å². The number of rotatable bonds is 4. The predicted octanol–water partition coefficient (Wildman–Crippen LogP) is 3.74. The Labute approximate surface area is 150 Å². The Hall–Kier alpha value is -2.41. The van der Waals surface area contributed by atoms with Gasteiger partial charge in [-0.3, -0.25) is 4.90 Å². The molecule has 0 spiro atoms. The molecule has 140 valence electrons. The van der Waals surface area contributed by atoms with E-state index >= 15 is 0 Å². The molecular weight excluding hydrogens is 345 g/mol. The summed E-state index contributed by atoms with van der Waals surface area (Å²) in [6.45, 7) is 3.28. The normalized spacial score (nSPS) is 15.9. The van der Waals surface area contributed by atoms with Gasteiger partial charge in [-0.15, -0.1) is 0 Å². The van der Waals surface area contributed by atoms with Crippen molar-refractivity contribution in [1.29, 1.82) is 0 Å². The van der Waals surface area contributed by atoms with E-state index < -0.39 is 11.7 Å². The molecule has 1 N–H and O–H groups in total. The number of phenols is 1. The van der Waals surface area contributed by atoms with Crippen molar-refractivity contribution in [2.75, 3.05) is 38.2 Å². The van der Waals surface area contributed by atoms with Crippen molar-refractivity contribution in [1.82, 2.24) is 4.90 Å². The highest BCUT2D eigenvalue weighted by Gasteiger charge is 2.31. The van der Waals surface area contributed by atoms with E-state index in [1.54, 1.807) is 25.3 Å². The SMILES string of the molecule is COc1ccc(CN2CCN(c3cccc(C(F)(F)F)c3)CC2)c(O)c1. The van der Waals surface area contributed by atoms with Gasteiger partial charge < -0.3 is 14.7 Å². The zero-order valence-corrected chi connectivity index (χ0v) is 14.5. The monoisotopic (exact) mass is 366 g/mol. The van der Waals surface area contributed by atoms with Crippen LogP contribution in [-0.4, -0.2) is 43.3 Å². The third-order valence-electron chi connectivity index (χ3n) is 4.60. The van der Waals surface area contributed by atoms with Gasteiger partial charge in [0, 0.05) is 50.0 Å². The molecule has 0 aliphatic carbocycles. The van der Waals surface area contributed by atoms with Crippen LogP contribution < -0.4 is 9.64 Å². The van der Waals surface area contributed by atoms with E-state index in [2.05, 4.69) is 4.90 Å². The topological polar surface area (TPSA) is 35.9 Å². The van der Waals surface area contributed by atoms with Gasteiger partial charge in [-0.25, -0.2) is 0 Å². The molecule has 2 aromatic carbocycles. The van der Waals surface area contributed by atoms with E-state index in [1.165, 1.54) is 12.1 Å². The van der Waals surface area contributed by atoms with Gasteiger partial charge in [-0.1, -0.05) is 12.1 Å². The summed E-state index contributed by atoms with van der Waals surface area (Å²) in [5, 5.41) is 10.1. The number of hydrogen-bond donors (Lipinski definition) is 1. The van der Waals surface area contributed by atoms with Gasteiger partial charge in [0.25, 0.3) is 0 Å². The van der Waals surface area contributed by atoms with Crippen LogP contribution in [0, 0.1) is 0 Å². The van der Waals surface area contributed by atoms with Gasteiger partial charge in [0.05, 0.1) is 12.7 Å². The quantitative estimate of drug-likeness (QED) is 0.894. The van der Waals surface area contributed by atoms with E-state index in [4.69, 9.17) is 4.74 Å². The molecule has 3 rings (SSSR count). The van der Waals surface area contributed by atoms with Gasteiger partial charge in [-0.2, -0.15) is 13.2 Å². The molecule has 2 aromatic rings. The number of methoxy groups -OCH3 is 1. The molecule has 0 aromatic heterocycles. The van der Waals surface area contributed by atoms with Crippen molar-refractivity contribution in [2.45, 2.75) is 12.7 Å². The molecule has 1 aliphatic rings. The number of alkyl halides is 3. The highest BCUT2D eigenvalue weighted by molar-refractivity contribution is 5.49. The van der Waals surface area contributed by atoms with Gasteiger partial charge in [-0.05, 0) is 24.3 Å². The van der Waals surface area contributed by atoms with Crippen LogP contribution in [0.1, 0.15) is 11.1 Å². The number of ether oxygens (including phenoxy) is 1. The van der Waals surface area contributed by atoms with E-state index in [0.29, 0.717) is 44.2 Å². The molecule has 0 bridgehead atoms. The fourth-order valence-corrected chi connectivity index (χ4v) is 3.09. The van der Waals surface area contributed by atoms with Gasteiger partial charge in [0.1, 0.15) is 11.5 Å². The molecule has 0 unspecified atom stereocenters. The predicted molar refractivity (Wildman–Crippen MR) is 93.6 cm³/mol. The van der Waals surface area contributed by atoms with Crippen molar-refractivity contribution in [3.05, 3.63) is 53.6 Å². The smallest absolute Gasteiger partial charge is 0.416 e. The molecule has 0 atom stereocenters. The lowest BCUT2D eigenvalue weighted by Crippen LogP contribution is -2.46. The van der Waals surface area contributed by atoms with Crippen LogP contribution in [-0.2, 0) is 12.7 Å². The first kappa shape index (κ1) is 18.4. The summed E-state index contributed by atoms with van der Waals surface area (Å²) in [5.41, 5.74) is 0.769. The summed E-state index contributed by atoms with van der Waals surface area (Å²) in [7, 11) is 1.54. The highest BCUT2D eigenvalue weighted by Crippen LogP contribution is 2.32. The van der Waals surface area contributed by atoms with Gasteiger partial charge in [0.15, 0.2) is 0 Å². The molecule has 0 saturated carbocycles. The molecule has 1 heterocycles. The molecule has 26 heavy (non-hydrogen) atoms. The molecule has 1 saturated heterocycles. The lowest BCUT2D eigenvalue weighted by atomic mass is 10.1. The maximum absolute atomic E-state index is 12.9. The van der Waals surface area contributed by atoms with Crippen molar-refractivity contribution >= 4 is 5.69 Å². The second kappa shape index (κ2) is 7.45. The van der Waals surface area contributed by atoms with Crippen LogP contribution >= 0.6 is 0 Å². The van der Waals surface area contributed by atoms with E-state index in [-0.39, 0.29) is 5.75 Å². The molecular formula is C19H21F3N2O2. The standard InChI is InChI=1S/C19H21F3N2O2/c1-26-17-6-5-14(18(25)12-17)13-23-7-9-24(10-8-23)16-4-2-3-15(11-16)19(20,21)22/h2-6,11-12,25H,7-10,13H2,1H3. The molecule has 4 nitrogen and oxygen atoms in total. The lowest BCUT2D eigenvalue weighted by molar-refractivity contribution is -0.137. The van der Waals surface area contributed by atoms with Crippen molar-refractivity contribution < 1.29 is 23.0 Å². The molecule has 7 heteroatoms. The van der Waals surface area contributed by atoms with Crippen LogP contribution in [0.3, 0.4) is 0 Å². The minimum Gasteiger partial charge on any atom is -0.507 e. The first-order chi connectivity index (χ1) is 12.4. The Kier molecular flexibility index (Phi) is 5.27. The maximum Gasteiger partial charge on any atom is 0.416 e. The number of benzene rings is 2. The fourth-order valence-electron chi connectivity index (χ4n) is 3.09. The highest BCUT2D eigenvalue weighted by atomic mass is 19.4. The largest absolute Gasteiger partial charge is 0.507 e. The third-order valence-corrected chi connectivity index (χ3v) is 4.60. The molecule has 0 radical (unpaired) electrons. The molecule has 1 aliphatic heterocycles. The summed E-state index contributed by atoms with van der Waals surface area (Å²) in [5.74, 6) is 0.783. The number of piperazine rings is 1. The number of nitrogens with zero attached hydrogens (tertiary/aromatic N) is 2. The van der Waals surface area contributed by atoms with Crippen molar-refractivity contribution in [2.24, 2.45) is 0 Å². The average molecular weight is 366 g/mol. The lowest BCUT2D eigenvalue weighted by Gasteiger charge is -2.36. The number of phenolic OH excluding ortho intramolecular Hbond substituents is 1. The number of halogens is 3. The first-order valence-corrected chi connectivity index (χ1v) is 8.37. The summed E-state index contributed by atoms with van der Waals surface area (Å²) in [4.78, 5) is 4.13. The summed E-state index contributed by atoms with van der Waals surface area (Å²) in [6.07, 6.45) is -4.33. The summed E-state index contributed by atoms with van der Waals surface area (Å²) < 4.78 is 43.7. The van der Waals surface area contributed by atoms with Crippen LogP contribution in [0.2, 0.25) is 0 Å². The van der Waals surface area contributed by atoms with E-state index in [0.717, 1.165) is 11.6 Å². The van der Waals surface area contributed by atoms with Crippen molar-refractivity contribution in [3.63, 3.8) is 0 Å². The second-order valence-corrected chi connectivity index (χ2v) is 6.31. The zero-order valence-electron chi connectivity index (χ0n) is 14.5. The fraction of sp³-hybridized carbons (Fsp3) is 0.368. The number of aromatic hydroxyl groups is 1. The average Bonchev–Trinajstić information content (AvgIpc) is 2.63. The Balaban J connectivity index is 1.61. The molecule has 1 fully saturated rings. The Bertz CT molecular complexity index is 757. The first-order valence-electron chi connectivity index (χ1n) is 8.37. The number of hydrogen-bond acceptors (Lipinski definition) is 4. The van der Waals surface area contributed by atoms with E-state index in [9.17, 15) is 18.3 Å². The minimum absolute atomic E-state index is 0.185. The Morgan fingerprint density at radius 3 is 2.38 bits per heavy atom. The van der Waals surface area contributed by atoms with Crippen LogP contribution in [0.25, 0.3) is 0 Å². The molecule has 0 amide bonds. The second-order valence-electron chi connectivity index (χ2n) is 6.31. The summed E-state index contributed by atoms with van der Waals surface area (Å²) >= 11 is 0. The van der Waals surface area contributed by atoms with Crippen LogP contribution in [0.4, 0.5) is 18.9 Å². The number of anilines is 1. The minimum atomic E-state index is -4.33. The van der Waals surface area contributed by atoms with Gasteiger partial charge >= 0.3 is 6.18 Å². The van der Waals surface area contributed by atoms with E-state index in [1.807, 2.05) is 11.0 Å². The Morgan fingerprint density at radius 2 is 1.77 bits per heavy atom. The zero-order chi connectivity index (χ0) is 18.7. The van der Waals surface area contributed by atoms with Crippen LogP contribution in [0.5, 0.6) is 11.5 Å². The Morgan fingerprint density at radius 1 is 1.04 bits per heavy atom. The third kappa shape index (κ3) is 4.22.